The van der Waals surface area contributed by atoms with Crippen molar-refractivity contribution in [2.75, 3.05) is 0 Å². The number of rotatable bonds is 3. The van der Waals surface area contributed by atoms with E-state index in [1.807, 2.05) is 0 Å². The topological polar surface area (TPSA) is 57.5 Å². The minimum absolute atomic E-state index is 0. The lowest BCUT2D eigenvalue weighted by atomic mass is 10.4. The summed E-state index contributed by atoms with van der Waals surface area (Å²) in [4.78, 5) is 14.3. The summed E-state index contributed by atoms with van der Waals surface area (Å²) >= 11 is 0. The third kappa shape index (κ3) is 6.68. The Morgan fingerprint density at radius 1 is 0.583 bits per heavy atom. The Morgan fingerprint density at radius 2 is 0.792 bits per heavy atom. The van der Waals surface area contributed by atoms with Crippen molar-refractivity contribution < 1.29 is 14.4 Å². The van der Waals surface area contributed by atoms with Gasteiger partial charge in [0, 0.05) is 0 Å². The summed E-state index contributed by atoms with van der Waals surface area (Å²) in [6.07, 6.45) is 0. The van der Waals surface area contributed by atoms with Crippen LogP contribution in [-0.2, 0) is 4.57 Å². The molecule has 0 atom stereocenters. The molecule has 2 N–H and O–H groups in total. The molecule has 0 saturated heterocycles. The Kier molecular flexibility index (Phi) is 9.78. The van der Waals surface area contributed by atoms with E-state index in [0.717, 1.165) is 0 Å². The van der Waals surface area contributed by atoms with E-state index in [1.165, 1.54) is 15.9 Å². The second-order valence-corrected chi connectivity index (χ2v) is 7.41. The molecule has 0 bridgehead atoms. The zero-order chi connectivity index (χ0) is 16.5. The van der Waals surface area contributed by atoms with E-state index in [2.05, 4.69) is 91.0 Å². The van der Waals surface area contributed by atoms with E-state index in [4.69, 9.17) is 14.4 Å². The highest BCUT2D eigenvalue weighted by Gasteiger charge is 2.14. The molecule has 0 aromatic heterocycles. The minimum Gasteiger partial charge on any atom is -0.326 e. The summed E-state index contributed by atoms with van der Waals surface area (Å²) in [5.41, 5.74) is 0. The van der Waals surface area contributed by atoms with Crippen molar-refractivity contribution >= 4 is 49.1 Å². The molecule has 0 aliphatic heterocycles. The predicted molar refractivity (Wildman–Crippen MR) is 109 cm³/mol. The fourth-order valence-electron chi connectivity index (χ4n) is 2.18. The molecular weight excluding hydrogens is 406 g/mol. The van der Waals surface area contributed by atoms with Crippen LogP contribution in [0.1, 0.15) is 0 Å². The van der Waals surface area contributed by atoms with Gasteiger partial charge in [0.15, 0.2) is 0 Å². The molecule has 0 amide bonds. The molecule has 24 heavy (non-hydrogen) atoms. The van der Waals surface area contributed by atoms with Crippen molar-refractivity contribution in [3.8, 4) is 0 Å². The van der Waals surface area contributed by atoms with Crippen LogP contribution in [0, 0.1) is 0 Å². The Morgan fingerprint density at radius 3 is 1.00 bits per heavy atom. The van der Waals surface area contributed by atoms with Crippen LogP contribution in [0.2, 0.25) is 0 Å². The van der Waals surface area contributed by atoms with Gasteiger partial charge in [-0.1, -0.05) is 91.0 Å². The smallest absolute Gasteiger partial charge is 0.314 e. The molecule has 3 aromatic rings. The zero-order valence-electron chi connectivity index (χ0n) is 12.8. The normalized spacial score (nSPS) is 9.83. The van der Waals surface area contributed by atoms with Crippen LogP contribution < -0.4 is 15.9 Å². The first-order chi connectivity index (χ1) is 11.2. The first kappa shape index (κ1) is 20.8. The lowest BCUT2D eigenvalue weighted by molar-refractivity contribution is 0.405. The molecule has 3 nitrogen and oxygen atoms in total. The van der Waals surface area contributed by atoms with E-state index in [9.17, 15) is 0 Å². The third-order valence-electron chi connectivity index (χ3n) is 3.04. The monoisotopic (exact) mass is 424 g/mol. The molecule has 0 saturated carbocycles. The van der Waals surface area contributed by atoms with Gasteiger partial charge >= 0.3 is 8.25 Å². The molecule has 0 aliphatic carbocycles. The lowest BCUT2D eigenvalue weighted by Crippen LogP contribution is -2.20. The number of hydrogen-bond acceptors (Lipinski definition) is 1. The van der Waals surface area contributed by atoms with E-state index in [0.29, 0.717) is 0 Å². The summed E-state index contributed by atoms with van der Waals surface area (Å²) in [5, 5.41) is 4.19. The van der Waals surface area contributed by atoms with E-state index < -0.39 is 16.2 Å². The van der Waals surface area contributed by atoms with E-state index in [1.54, 1.807) is 0 Å². The highest BCUT2D eigenvalue weighted by molar-refractivity contribution is 8.93. The second-order valence-electron chi connectivity index (χ2n) is 4.62. The van der Waals surface area contributed by atoms with Gasteiger partial charge in [-0.25, -0.2) is 0 Å². The molecule has 3 rings (SSSR count). The molecule has 0 spiro atoms. The van der Waals surface area contributed by atoms with Crippen molar-refractivity contribution in [2.45, 2.75) is 0 Å². The Labute approximate surface area is 154 Å². The van der Waals surface area contributed by atoms with Gasteiger partial charge in [0.25, 0.3) is 0 Å². The predicted octanol–water partition coefficient (Wildman–Crippen LogP) is 3.38. The molecule has 3 aromatic carbocycles. The standard InChI is InChI=1S/C18H15P.BrH.H3O3P/c1-4-10-16(11-5-1)19(17-12-6-2-7-13-17)18-14-8-3-9-15-18;;1-4(2)3/h1-15H;1H;4H,(H2,1,2,3). The van der Waals surface area contributed by atoms with Gasteiger partial charge in [-0.3, -0.25) is 4.57 Å². The SMILES string of the molecule is Br.O=[PH](O)O.c1ccc(P(c2ccccc2)c2ccccc2)cc1. The Hall–Kier alpha value is -1.28. The van der Waals surface area contributed by atoms with Crippen LogP contribution in [0.25, 0.3) is 0 Å². The van der Waals surface area contributed by atoms with Crippen molar-refractivity contribution in [2.24, 2.45) is 0 Å². The Bertz CT molecular complexity index is 627. The van der Waals surface area contributed by atoms with Crippen LogP contribution in [-0.4, -0.2) is 9.79 Å². The van der Waals surface area contributed by atoms with Gasteiger partial charge in [0.05, 0.1) is 0 Å². The average Bonchev–Trinajstić information content (AvgIpc) is 2.58. The first-order valence-electron chi connectivity index (χ1n) is 7.05. The molecule has 0 fully saturated rings. The molecule has 126 valence electrons. The van der Waals surface area contributed by atoms with Crippen molar-refractivity contribution in [3.63, 3.8) is 0 Å². The van der Waals surface area contributed by atoms with Gasteiger partial charge < -0.3 is 9.79 Å². The molecule has 0 heterocycles. The molecule has 0 aliphatic rings. The maximum absolute atomic E-state index is 8.74. The molecule has 0 unspecified atom stereocenters. The van der Waals surface area contributed by atoms with E-state index >= 15 is 0 Å². The average molecular weight is 425 g/mol. The quantitative estimate of drug-likeness (QED) is 0.633. The van der Waals surface area contributed by atoms with Gasteiger partial charge in [0.1, 0.15) is 0 Å². The highest BCUT2D eigenvalue weighted by atomic mass is 79.9. The first-order valence-corrected chi connectivity index (χ1v) is 9.70. The second kappa shape index (κ2) is 11.3. The highest BCUT2D eigenvalue weighted by Crippen LogP contribution is 2.32. The zero-order valence-corrected chi connectivity index (χ0v) is 16.4. The molecule has 6 heteroatoms. The van der Waals surface area contributed by atoms with Crippen LogP contribution in [0.15, 0.2) is 91.0 Å². The summed E-state index contributed by atoms with van der Waals surface area (Å²) in [7, 11) is -3.58. The minimum atomic E-state index is -3.13. The van der Waals surface area contributed by atoms with Gasteiger partial charge in [-0.15, -0.1) is 17.0 Å². The van der Waals surface area contributed by atoms with Crippen LogP contribution in [0.4, 0.5) is 0 Å². The lowest BCUT2D eigenvalue weighted by Gasteiger charge is -2.18. The third-order valence-corrected chi connectivity index (χ3v) is 5.49. The van der Waals surface area contributed by atoms with Gasteiger partial charge in [0.2, 0.25) is 0 Å². The van der Waals surface area contributed by atoms with E-state index in [-0.39, 0.29) is 17.0 Å². The molecular formula is C18H19BrO3P2. The Balaban J connectivity index is 0.000000522. The fraction of sp³-hybridized carbons (Fsp3) is 0. The largest absolute Gasteiger partial charge is 0.326 e. The fourth-order valence-corrected chi connectivity index (χ4v) is 4.48. The number of hydrogen-bond donors (Lipinski definition) is 2. The van der Waals surface area contributed by atoms with Crippen molar-refractivity contribution in [3.05, 3.63) is 91.0 Å². The van der Waals surface area contributed by atoms with Crippen molar-refractivity contribution in [1.29, 1.82) is 0 Å². The summed E-state index contributed by atoms with van der Waals surface area (Å²) in [5.74, 6) is 0. The van der Waals surface area contributed by atoms with Crippen LogP contribution in [0.3, 0.4) is 0 Å². The summed E-state index contributed by atoms with van der Waals surface area (Å²) < 4.78 is 8.74. The van der Waals surface area contributed by atoms with Crippen LogP contribution >= 0.6 is 33.2 Å². The maximum Gasteiger partial charge on any atom is 0.314 e. The summed E-state index contributed by atoms with van der Waals surface area (Å²) in [6.45, 7) is 0. The van der Waals surface area contributed by atoms with Gasteiger partial charge in [-0.2, -0.15) is 0 Å². The maximum atomic E-state index is 8.74. The number of benzene rings is 3. The summed E-state index contributed by atoms with van der Waals surface area (Å²) in [6, 6.07) is 32.3. The van der Waals surface area contributed by atoms with Crippen molar-refractivity contribution in [1.82, 2.24) is 0 Å². The molecule has 0 radical (unpaired) electrons. The van der Waals surface area contributed by atoms with Gasteiger partial charge in [-0.05, 0) is 23.8 Å². The number of halogens is 1. The van der Waals surface area contributed by atoms with Crippen LogP contribution in [0.5, 0.6) is 0 Å².